The van der Waals surface area contributed by atoms with Gasteiger partial charge in [0, 0.05) is 17.0 Å². The molecule has 1 amide bonds. The van der Waals surface area contributed by atoms with Crippen molar-refractivity contribution in [1.82, 2.24) is 5.32 Å². The number of quaternary nitrogens is 2. The van der Waals surface area contributed by atoms with Crippen LogP contribution in [0.15, 0.2) is 29.6 Å². The van der Waals surface area contributed by atoms with Crippen LogP contribution in [0.3, 0.4) is 0 Å². The van der Waals surface area contributed by atoms with E-state index in [1.54, 1.807) is 30.5 Å². The van der Waals surface area contributed by atoms with Gasteiger partial charge in [0.2, 0.25) is 0 Å². The normalized spacial score (nSPS) is 19.9. The molecule has 3 rings (SSSR count). The first-order valence-electron chi connectivity index (χ1n) is 10.7. The van der Waals surface area contributed by atoms with Crippen molar-refractivity contribution in [2.24, 2.45) is 0 Å². The standard InChI is InChI=1S/C23H33N3O3S/c1-17-14-21(28-3)22(29-4)15-19(17)16-25-9-11-26(12-10-25)18(2)23(27)24-8-7-20-6-5-13-30-20/h5-6,13-15,18H,7-12,16H2,1-4H3,(H,24,27)/p+2/t18-/m1/s1. The van der Waals surface area contributed by atoms with Gasteiger partial charge in [-0.3, -0.25) is 4.79 Å². The maximum absolute atomic E-state index is 12.6. The van der Waals surface area contributed by atoms with Crippen LogP contribution in [-0.4, -0.2) is 58.9 Å². The summed E-state index contributed by atoms with van der Waals surface area (Å²) < 4.78 is 10.9. The van der Waals surface area contributed by atoms with Crippen molar-refractivity contribution in [3.63, 3.8) is 0 Å². The molecule has 0 bridgehead atoms. The maximum atomic E-state index is 12.6. The molecule has 30 heavy (non-hydrogen) atoms. The summed E-state index contributed by atoms with van der Waals surface area (Å²) in [6.07, 6.45) is 0.911. The van der Waals surface area contributed by atoms with Crippen molar-refractivity contribution in [3.05, 3.63) is 45.6 Å². The third-order valence-electron chi connectivity index (χ3n) is 6.14. The molecule has 1 saturated heterocycles. The first kappa shape index (κ1) is 22.6. The zero-order chi connectivity index (χ0) is 21.5. The minimum Gasteiger partial charge on any atom is -0.493 e. The number of thiophene rings is 1. The zero-order valence-electron chi connectivity index (χ0n) is 18.5. The Hall–Kier alpha value is -2.09. The van der Waals surface area contributed by atoms with E-state index in [1.165, 1.54) is 20.9 Å². The molecule has 7 heteroatoms. The Morgan fingerprint density at radius 2 is 1.87 bits per heavy atom. The van der Waals surface area contributed by atoms with Crippen LogP contribution in [0.5, 0.6) is 11.5 Å². The van der Waals surface area contributed by atoms with Crippen LogP contribution < -0.4 is 24.6 Å². The fraction of sp³-hybridized carbons (Fsp3) is 0.522. The lowest BCUT2D eigenvalue weighted by molar-refractivity contribution is -1.02. The van der Waals surface area contributed by atoms with Crippen LogP contribution in [0.1, 0.15) is 22.9 Å². The molecule has 1 atom stereocenters. The summed E-state index contributed by atoms with van der Waals surface area (Å²) in [5, 5.41) is 5.19. The first-order chi connectivity index (χ1) is 14.5. The topological polar surface area (TPSA) is 56.4 Å². The highest BCUT2D eigenvalue weighted by Gasteiger charge is 2.31. The summed E-state index contributed by atoms with van der Waals surface area (Å²) in [6.45, 7) is 10.0. The van der Waals surface area contributed by atoms with Crippen LogP contribution in [0.2, 0.25) is 0 Å². The van der Waals surface area contributed by atoms with Crippen LogP contribution in [0.25, 0.3) is 0 Å². The van der Waals surface area contributed by atoms with Crippen molar-refractivity contribution >= 4 is 17.2 Å². The van der Waals surface area contributed by atoms with E-state index in [1.807, 2.05) is 0 Å². The molecule has 2 heterocycles. The highest BCUT2D eigenvalue weighted by molar-refractivity contribution is 7.09. The molecule has 2 aromatic rings. The lowest BCUT2D eigenvalue weighted by Crippen LogP contribution is -3.29. The summed E-state index contributed by atoms with van der Waals surface area (Å²) in [6, 6.07) is 8.33. The largest absolute Gasteiger partial charge is 0.493 e. The Labute approximate surface area is 183 Å². The third-order valence-corrected chi connectivity index (χ3v) is 7.07. The summed E-state index contributed by atoms with van der Waals surface area (Å²) in [4.78, 5) is 16.8. The van der Waals surface area contributed by atoms with Gasteiger partial charge in [0.05, 0.1) is 14.2 Å². The second kappa shape index (κ2) is 10.8. The highest BCUT2D eigenvalue weighted by atomic mass is 32.1. The predicted molar refractivity (Wildman–Crippen MR) is 120 cm³/mol. The van der Waals surface area contributed by atoms with Gasteiger partial charge in [-0.2, -0.15) is 0 Å². The molecule has 3 N–H and O–H groups in total. The minimum absolute atomic E-state index is 0.00213. The van der Waals surface area contributed by atoms with Crippen LogP contribution in [-0.2, 0) is 17.8 Å². The van der Waals surface area contributed by atoms with Gasteiger partial charge in [-0.05, 0) is 49.4 Å². The molecule has 0 saturated carbocycles. The summed E-state index contributed by atoms with van der Waals surface area (Å²) in [7, 11) is 3.35. The van der Waals surface area contributed by atoms with Gasteiger partial charge in [-0.25, -0.2) is 0 Å². The average Bonchev–Trinajstić information content (AvgIpc) is 3.28. The van der Waals surface area contributed by atoms with Crippen molar-refractivity contribution in [2.75, 3.05) is 46.9 Å². The number of methoxy groups -OCH3 is 2. The second-order valence-electron chi connectivity index (χ2n) is 8.06. The molecule has 1 aromatic carbocycles. The third kappa shape index (κ3) is 5.74. The van der Waals surface area contributed by atoms with Gasteiger partial charge in [0.15, 0.2) is 17.5 Å². The van der Waals surface area contributed by atoms with Crippen molar-refractivity contribution in [3.8, 4) is 11.5 Å². The van der Waals surface area contributed by atoms with Crippen LogP contribution >= 0.6 is 11.3 Å². The quantitative estimate of drug-likeness (QED) is 0.526. The Bertz CT molecular complexity index is 817. The van der Waals surface area contributed by atoms with E-state index < -0.39 is 0 Å². The lowest BCUT2D eigenvalue weighted by Gasteiger charge is -2.33. The average molecular weight is 434 g/mol. The molecular formula is C23H35N3O3S+2. The molecule has 1 aliphatic heterocycles. The van der Waals surface area contributed by atoms with E-state index in [9.17, 15) is 4.79 Å². The highest BCUT2D eigenvalue weighted by Crippen LogP contribution is 2.29. The number of benzene rings is 1. The number of aryl methyl sites for hydroxylation is 1. The van der Waals surface area contributed by atoms with E-state index in [2.05, 4.69) is 48.8 Å². The van der Waals surface area contributed by atoms with Crippen molar-refractivity contribution in [1.29, 1.82) is 0 Å². The number of hydrogen-bond acceptors (Lipinski definition) is 4. The molecule has 0 radical (unpaired) electrons. The molecule has 0 unspecified atom stereocenters. The smallest absolute Gasteiger partial charge is 0.278 e. The van der Waals surface area contributed by atoms with Gasteiger partial charge in [0.25, 0.3) is 5.91 Å². The van der Waals surface area contributed by atoms with E-state index in [0.29, 0.717) is 6.54 Å². The number of amides is 1. The molecule has 0 aliphatic carbocycles. The summed E-state index contributed by atoms with van der Waals surface area (Å²) in [5.41, 5.74) is 2.53. The maximum Gasteiger partial charge on any atom is 0.278 e. The predicted octanol–water partition coefficient (Wildman–Crippen LogP) is 0.105. The number of carbonyl (C=O) groups excluding carboxylic acids is 1. The van der Waals surface area contributed by atoms with E-state index in [4.69, 9.17) is 9.47 Å². The van der Waals surface area contributed by atoms with Gasteiger partial charge in [-0.15, -0.1) is 11.3 Å². The van der Waals surface area contributed by atoms with Gasteiger partial charge in [-0.1, -0.05) is 6.07 Å². The Kier molecular flexibility index (Phi) is 8.13. The molecule has 6 nitrogen and oxygen atoms in total. The Balaban J connectivity index is 1.46. The van der Waals surface area contributed by atoms with E-state index in [-0.39, 0.29) is 11.9 Å². The van der Waals surface area contributed by atoms with E-state index >= 15 is 0 Å². The SMILES string of the molecule is COc1cc(C)c(C[NH+]2CC[NH+]([C@H](C)C(=O)NCCc3cccs3)CC2)cc1OC. The van der Waals surface area contributed by atoms with Gasteiger partial charge >= 0.3 is 0 Å². The number of hydrogen-bond donors (Lipinski definition) is 3. The minimum atomic E-state index is -0.00213. The zero-order valence-corrected chi connectivity index (χ0v) is 19.4. The van der Waals surface area contributed by atoms with Gasteiger partial charge in [0.1, 0.15) is 32.7 Å². The first-order valence-corrected chi connectivity index (χ1v) is 11.6. The fourth-order valence-corrected chi connectivity index (χ4v) is 4.83. The van der Waals surface area contributed by atoms with Crippen LogP contribution in [0.4, 0.5) is 0 Å². The molecule has 1 aliphatic rings. The van der Waals surface area contributed by atoms with Crippen molar-refractivity contribution in [2.45, 2.75) is 32.9 Å². The van der Waals surface area contributed by atoms with E-state index in [0.717, 1.165) is 50.6 Å². The number of carbonyl (C=O) groups is 1. The summed E-state index contributed by atoms with van der Waals surface area (Å²) in [5.74, 6) is 1.73. The molecule has 0 spiro atoms. The fourth-order valence-electron chi connectivity index (χ4n) is 4.12. The number of piperazine rings is 1. The Morgan fingerprint density at radius 3 is 2.50 bits per heavy atom. The van der Waals surface area contributed by atoms with Gasteiger partial charge < -0.3 is 24.6 Å². The lowest BCUT2D eigenvalue weighted by atomic mass is 10.1. The summed E-state index contributed by atoms with van der Waals surface area (Å²) >= 11 is 1.74. The molecule has 1 aromatic heterocycles. The monoisotopic (exact) mass is 433 g/mol. The number of ether oxygens (including phenoxy) is 2. The molecule has 164 valence electrons. The molecular weight excluding hydrogens is 398 g/mol. The van der Waals surface area contributed by atoms with Crippen LogP contribution in [0, 0.1) is 6.92 Å². The Morgan fingerprint density at radius 1 is 1.17 bits per heavy atom. The second-order valence-corrected chi connectivity index (χ2v) is 9.09. The molecule has 1 fully saturated rings. The number of rotatable bonds is 9. The number of nitrogens with one attached hydrogen (secondary N) is 3. The van der Waals surface area contributed by atoms with Crippen molar-refractivity contribution < 1.29 is 24.1 Å².